The molecular formula is C14H19N3OS. The van der Waals surface area contributed by atoms with Gasteiger partial charge in [0.25, 0.3) is 0 Å². The average molecular weight is 277 g/mol. The summed E-state index contributed by atoms with van der Waals surface area (Å²) < 4.78 is 1.58. The molecular weight excluding hydrogens is 258 g/mol. The predicted octanol–water partition coefficient (Wildman–Crippen LogP) is 2.72. The lowest BCUT2D eigenvalue weighted by Crippen LogP contribution is -2.13. The van der Waals surface area contributed by atoms with Gasteiger partial charge >= 0.3 is 5.69 Å². The number of nitrogens with zero attached hydrogens (tertiary/aromatic N) is 1. The third kappa shape index (κ3) is 3.92. The molecule has 5 heteroatoms. The second-order valence-electron chi connectivity index (χ2n) is 4.16. The van der Waals surface area contributed by atoms with E-state index in [0.717, 1.165) is 24.3 Å². The van der Waals surface area contributed by atoms with Gasteiger partial charge in [-0.05, 0) is 42.2 Å². The molecule has 2 aromatic rings. The molecule has 0 unspecified atom stereocenters. The fourth-order valence-corrected chi connectivity index (χ4v) is 2.45. The highest BCUT2D eigenvalue weighted by Gasteiger charge is 1.99. The maximum Gasteiger partial charge on any atom is 0.330 e. The summed E-state index contributed by atoms with van der Waals surface area (Å²) in [5.41, 5.74) is 1.85. The fraction of sp³-hybridized carbons (Fsp3) is 0.357. The van der Waals surface area contributed by atoms with Gasteiger partial charge in [-0.15, -0.1) is 0 Å². The molecule has 0 aliphatic rings. The van der Waals surface area contributed by atoms with Crippen molar-refractivity contribution in [2.75, 3.05) is 23.4 Å². The number of thioether (sulfide) groups is 1. The lowest BCUT2D eigenvalue weighted by atomic mass is 10.2. The summed E-state index contributed by atoms with van der Waals surface area (Å²) in [6.07, 6.45) is 4.53. The lowest BCUT2D eigenvalue weighted by molar-refractivity contribution is 0.980. The molecule has 19 heavy (non-hydrogen) atoms. The molecule has 0 amide bonds. The lowest BCUT2D eigenvalue weighted by Gasteiger charge is -2.07. The van der Waals surface area contributed by atoms with Crippen molar-refractivity contribution >= 4 is 17.4 Å². The number of aromatic amines is 1. The van der Waals surface area contributed by atoms with E-state index in [9.17, 15) is 4.79 Å². The van der Waals surface area contributed by atoms with Crippen LogP contribution in [0.4, 0.5) is 5.69 Å². The highest BCUT2D eigenvalue weighted by molar-refractivity contribution is 7.99. The normalized spacial score (nSPS) is 10.6. The summed E-state index contributed by atoms with van der Waals surface area (Å²) in [4.78, 5) is 14.1. The van der Waals surface area contributed by atoms with Crippen LogP contribution in [0.3, 0.4) is 0 Å². The fourth-order valence-electron chi connectivity index (χ4n) is 1.81. The minimum absolute atomic E-state index is 0.114. The first-order valence-electron chi connectivity index (χ1n) is 6.49. The summed E-state index contributed by atoms with van der Waals surface area (Å²) in [5.74, 6) is 2.38. The molecule has 0 fully saturated rings. The predicted molar refractivity (Wildman–Crippen MR) is 82.5 cm³/mol. The second kappa shape index (κ2) is 7.09. The number of nitrogens with one attached hydrogen (secondary N) is 2. The van der Waals surface area contributed by atoms with Gasteiger partial charge in [0.15, 0.2) is 0 Å². The molecule has 2 N–H and O–H groups in total. The van der Waals surface area contributed by atoms with Gasteiger partial charge < -0.3 is 10.3 Å². The number of hydrogen-bond donors (Lipinski definition) is 2. The third-order valence-electron chi connectivity index (χ3n) is 2.79. The summed E-state index contributed by atoms with van der Waals surface area (Å²) in [6.45, 7) is 3.16. The van der Waals surface area contributed by atoms with Crippen LogP contribution in [0.2, 0.25) is 0 Å². The molecule has 4 nitrogen and oxygen atoms in total. The van der Waals surface area contributed by atoms with Crippen LogP contribution in [0.15, 0.2) is 41.5 Å². The number of aromatic nitrogens is 2. The molecule has 102 valence electrons. The molecule has 2 rings (SSSR count). The SMILES string of the molecule is CCSCCCNc1ccc(-n2cc[nH]c2=O)cc1. The van der Waals surface area contributed by atoms with E-state index < -0.39 is 0 Å². The topological polar surface area (TPSA) is 49.8 Å². The van der Waals surface area contributed by atoms with Crippen LogP contribution in [-0.2, 0) is 0 Å². The van der Waals surface area contributed by atoms with Crippen LogP contribution in [0, 0.1) is 0 Å². The molecule has 0 radical (unpaired) electrons. The number of anilines is 1. The van der Waals surface area contributed by atoms with E-state index in [4.69, 9.17) is 0 Å². The van der Waals surface area contributed by atoms with Gasteiger partial charge in [-0.1, -0.05) is 6.92 Å². The quantitative estimate of drug-likeness (QED) is 0.765. The molecule has 1 aromatic carbocycles. The molecule has 0 spiro atoms. The Hall–Kier alpha value is -1.62. The van der Waals surface area contributed by atoms with Crippen molar-refractivity contribution < 1.29 is 0 Å². The molecule has 0 atom stereocenters. The van der Waals surface area contributed by atoms with Crippen LogP contribution >= 0.6 is 11.8 Å². The Labute approximate surface area is 117 Å². The van der Waals surface area contributed by atoms with E-state index in [1.54, 1.807) is 17.0 Å². The van der Waals surface area contributed by atoms with Crippen molar-refractivity contribution in [3.63, 3.8) is 0 Å². The Balaban J connectivity index is 1.88. The van der Waals surface area contributed by atoms with Gasteiger partial charge in [-0.2, -0.15) is 11.8 Å². The third-order valence-corrected chi connectivity index (χ3v) is 3.78. The Kier molecular flexibility index (Phi) is 5.15. The van der Waals surface area contributed by atoms with Crippen molar-refractivity contribution in [1.82, 2.24) is 9.55 Å². The molecule has 0 bridgehead atoms. The largest absolute Gasteiger partial charge is 0.385 e. The number of imidazole rings is 1. The highest BCUT2D eigenvalue weighted by Crippen LogP contribution is 2.12. The van der Waals surface area contributed by atoms with Crippen molar-refractivity contribution in [2.45, 2.75) is 13.3 Å². The molecule has 0 aliphatic heterocycles. The zero-order chi connectivity index (χ0) is 13.5. The first-order valence-corrected chi connectivity index (χ1v) is 7.65. The Morgan fingerprint density at radius 2 is 2.11 bits per heavy atom. The minimum Gasteiger partial charge on any atom is -0.385 e. The van der Waals surface area contributed by atoms with Crippen molar-refractivity contribution in [2.24, 2.45) is 0 Å². The van der Waals surface area contributed by atoms with E-state index in [0.29, 0.717) is 0 Å². The van der Waals surface area contributed by atoms with Crippen LogP contribution in [0.1, 0.15) is 13.3 Å². The maximum absolute atomic E-state index is 11.5. The zero-order valence-corrected chi connectivity index (χ0v) is 11.9. The van der Waals surface area contributed by atoms with Gasteiger partial charge in [-0.3, -0.25) is 4.57 Å². The Morgan fingerprint density at radius 1 is 1.32 bits per heavy atom. The van der Waals surface area contributed by atoms with Crippen LogP contribution in [0.5, 0.6) is 0 Å². The molecule has 1 aromatic heterocycles. The van der Waals surface area contributed by atoms with Gasteiger partial charge in [0.2, 0.25) is 0 Å². The minimum atomic E-state index is -0.114. The number of hydrogen-bond acceptors (Lipinski definition) is 3. The van der Waals surface area contributed by atoms with Gasteiger partial charge in [0.05, 0.1) is 5.69 Å². The first kappa shape index (κ1) is 13.8. The van der Waals surface area contributed by atoms with E-state index >= 15 is 0 Å². The van der Waals surface area contributed by atoms with E-state index in [-0.39, 0.29) is 5.69 Å². The average Bonchev–Trinajstić information content (AvgIpc) is 2.86. The van der Waals surface area contributed by atoms with Crippen molar-refractivity contribution in [3.05, 3.63) is 47.1 Å². The Bertz CT molecular complexity index is 544. The summed E-state index contributed by atoms with van der Waals surface area (Å²) in [7, 11) is 0. The van der Waals surface area contributed by atoms with Crippen molar-refractivity contribution in [3.8, 4) is 5.69 Å². The summed E-state index contributed by atoms with van der Waals surface area (Å²) in [5, 5.41) is 3.38. The van der Waals surface area contributed by atoms with Gasteiger partial charge in [0, 0.05) is 24.6 Å². The smallest absolute Gasteiger partial charge is 0.330 e. The van der Waals surface area contributed by atoms with E-state index in [1.807, 2.05) is 36.0 Å². The molecule has 0 saturated carbocycles. The first-order chi connectivity index (χ1) is 9.31. The second-order valence-corrected chi connectivity index (χ2v) is 5.55. The van der Waals surface area contributed by atoms with Crippen LogP contribution in [-0.4, -0.2) is 27.6 Å². The molecule has 0 aliphatic carbocycles. The number of rotatable bonds is 7. The standard InChI is InChI=1S/C14H19N3OS/c1-2-19-11-3-8-15-12-4-6-13(7-5-12)17-10-9-16-14(17)18/h4-7,9-10,15H,2-3,8,11H2,1H3,(H,16,18). The number of benzene rings is 1. The van der Waals surface area contributed by atoms with E-state index in [1.165, 1.54) is 11.5 Å². The summed E-state index contributed by atoms with van der Waals surface area (Å²) >= 11 is 1.96. The van der Waals surface area contributed by atoms with Gasteiger partial charge in [0.1, 0.15) is 0 Å². The number of H-pyrrole nitrogens is 1. The molecule has 0 saturated heterocycles. The van der Waals surface area contributed by atoms with Crippen LogP contribution < -0.4 is 11.0 Å². The molecule has 1 heterocycles. The Morgan fingerprint density at radius 3 is 2.74 bits per heavy atom. The monoisotopic (exact) mass is 277 g/mol. The van der Waals surface area contributed by atoms with E-state index in [2.05, 4.69) is 17.2 Å². The highest BCUT2D eigenvalue weighted by atomic mass is 32.2. The summed E-state index contributed by atoms with van der Waals surface area (Å²) in [6, 6.07) is 7.89. The van der Waals surface area contributed by atoms with Gasteiger partial charge in [-0.25, -0.2) is 4.79 Å². The maximum atomic E-state index is 11.5. The van der Waals surface area contributed by atoms with Crippen LogP contribution in [0.25, 0.3) is 5.69 Å². The zero-order valence-electron chi connectivity index (χ0n) is 11.1. The van der Waals surface area contributed by atoms with Crippen molar-refractivity contribution in [1.29, 1.82) is 0 Å².